The first-order valence-corrected chi connectivity index (χ1v) is 28.8. The Morgan fingerprint density at radius 3 is 1.42 bits per heavy atom. The molecule has 0 saturated carbocycles. The largest absolute Gasteiger partial charge is 0.481 e. The molecular weight excluding hydrogens is 1160 g/mol. The highest BCUT2D eigenvalue weighted by Gasteiger charge is 2.40. The van der Waals surface area contributed by atoms with E-state index in [-0.39, 0.29) is 57.5 Å². The molecule has 0 unspecified atom stereocenters. The second-order valence-electron chi connectivity index (χ2n) is 21.6. The number of nitrogens with zero attached hydrogens (tertiary/aromatic N) is 1. The van der Waals surface area contributed by atoms with Crippen LogP contribution in [0.2, 0.25) is 0 Å². The molecule has 2 aromatic carbocycles. The summed E-state index contributed by atoms with van der Waals surface area (Å²) in [4.78, 5) is 173. The lowest BCUT2D eigenvalue weighted by atomic mass is 10.0. The molecule has 31 nitrogen and oxygen atoms in total. The van der Waals surface area contributed by atoms with Gasteiger partial charge in [-0.1, -0.05) is 74.5 Å². The summed E-state index contributed by atoms with van der Waals surface area (Å²) < 4.78 is 0. The molecule has 3 rings (SSSR count). The van der Waals surface area contributed by atoms with Gasteiger partial charge in [-0.3, -0.25) is 57.5 Å². The van der Waals surface area contributed by atoms with Crippen LogP contribution in [-0.2, 0) is 75.2 Å². The highest BCUT2D eigenvalue weighted by atomic mass is 16.4. The second-order valence-corrected chi connectivity index (χ2v) is 21.6. The van der Waals surface area contributed by atoms with Crippen LogP contribution in [0.4, 0.5) is 0 Å². The molecule has 0 radical (unpaired) electrons. The Bertz CT molecular complexity index is 2700. The van der Waals surface area contributed by atoms with Gasteiger partial charge in [0.15, 0.2) is 0 Å². The lowest BCUT2D eigenvalue weighted by Gasteiger charge is -2.29. The Kier molecular flexibility index (Phi) is 31.6. The van der Waals surface area contributed by atoms with Crippen LogP contribution < -0.4 is 59.3 Å². The number of aliphatic carboxylic acids is 3. The lowest BCUT2D eigenvalue weighted by molar-refractivity contribution is -0.149. The minimum absolute atomic E-state index is 0.0807. The summed E-state index contributed by atoms with van der Waals surface area (Å²) in [6, 6.07) is 1.37. The molecule has 1 saturated heterocycles. The number of likely N-dealkylation sites (tertiary alicyclic amines) is 1. The molecule has 1 aliphatic heterocycles. The summed E-state index contributed by atoms with van der Waals surface area (Å²) in [7, 11) is 0. The van der Waals surface area contributed by atoms with Gasteiger partial charge >= 0.3 is 17.9 Å². The predicted octanol–water partition coefficient (Wildman–Crippen LogP) is -4.86. The Balaban J connectivity index is 1.79. The summed E-state index contributed by atoms with van der Waals surface area (Å²) in [5.74, 6) is -14.4. The third kappa shape index (κ3) is 25.4. The van der Waals surface area contributed by atoms with Crippen molar-refractivity contribution in [3.63, 3.8) is 0 Å². The molecule has 1 fully saturated rings. The number of carboxylic acids is 3. The zero-order valence-electron chi connectivity index (χ0n) is 49.3. The maximum absolute atomic E-state index is 14.2. The highest BCUT2D eigenvalue weighted by Crippen LogP contribution is 2.20. The van der Waals surface area contributed by atoms with E-state index in [1.165, 1.54) is 6.92 Å². The number of nitrogens with one attached hydrogen (secondary N) is 9. The topological polar surface area (TPSA) is 507 Å². The van der Waals surface area contributed by atoms with Crippen LogP contribution in [-0.4, -0.2) is 212 Å². The van der Waals surface area contributed by atoms with Crippen molar-refractivity contribution in [2.75, 3.05) is 32.8 Å². The van der Waals surface area contributed by atoms with Crippen LogP contribution in [0.5, 0.6) is 0 Å². The van der Waals surface area contributed by atoms with E-state index < -0.39 is 189 Å². The fourth-order valence-corrected chi connectivity index (χ4v) is 9.18. The van der Waals surface area contributed by atoms with Gasteiger partial charge < -0.3 is 94.9 Å². The number of carboxylic acid groups (broad SMARTS) is 3. The Morgan fingerprint density at radius 2 is 0.955 bits per heavy atom. The summed E-state index contributed by atoms with van der Waals surface area (Å²) >= 11 is 0. The van der Waals surface area contributed by atoms with Crippen LogP contribution in [0.25, 0.3) is 0 Å². The number of carbonyl (C=O) groups excluding carboxylic acids is 10. The van der Waals surface area contributed by atoms with Gasteiger partial charge in [0.25, 0.3) is 0 Å². The second kappa shape index (κ2) is 37.8. The van der Waals surface area contributed by atoms with E-state index in [1.54, 1.807) is 74.5 Å². The number of hydrogen-bond donors (Lipinski definition) is 17. The summed E-state index contributed by atoms with van der Waals surface area (Å²) in [6.45, 7) is 1.86. The van der Waals surface area contributed by atoms with Gasteiger partial charge in [-0.25, -0.2) is 4.79 Å². The van der Waals surface area contributed by atoms with E-state index in [0.717, 1.165) is 4.90 Å². The lowest BCUT2D eigenvalue weighted by Crippen LogP contribution is -2.61. The van der Waals surface area contributed by atoms with Gasteiger partial charge in [0.1, 0.15) is 60.4 Å². The van der Waals surface area contributed by atoms with Gasteiger partial charge in [0.05, 0.1) is 25.9 Å². The van der Waals surface area contributed by atoms with Crippen molar-refractivity contribution in [1.82, 2.24) is 52.8 Å². The molecule has 0 bridgehead atoms. The first kappa shape index (κ1) is 73.6. The number of aliphatic hydroxyl groups excluding tert-OH is 3. The normalized spacial score (nSPS) is 16.2. The van der Waals surface area contributed by atoms with E-state index in [1.807, 2.05) is 0 Å². The van der Waals surface area contributed by atoms with Crippen molar-refractivity contribution in [2.24, 2.45) is 17.4 Å². The predicted molar refractivity (Wildman–Crippen MR) is 311 cm³/mol. The average Bonchev–Trinajstić information content (AvgIpc) is 3.38. The van der Waals surface area contributed by atoms with Crippen molar-refractivity contribution in [2.45, 2.75) is 164 Å². The fourth-order valence-electron chi connectivity index (χ4n) is 9.18. The molecule has 2 aromatic rings. The van der Waals surface area contributed by atoms with Crippen molar-refractivity contribution in [1.29, 1.82) is 0 Å². The van der Waals surface area contributed by atoms with Crippen molar-refractivity contribution in [3.8, 4) is 0 Å². The number of nitrogens with two attached hydrogens (primary N) is 2. The molecule has 1 heterocycles. The van der Waals surface area contributed by atoms with Gasteiger partial charge in [-0.15, -0.1) is 0 Å². The van der Waals surface area contributed by atoms with E-state index in [2.05, 4.69) is 47.9 Å². The third-order valence-corrected chi connectivity index (χ3v) is 14.0. The Hall–Kier alpha value is -8.65. The van der Waals surface area contributed by atoms with Gasteiger partial charge in [-0.2, -0.15) is 0 Å². The van der Waals surface area contributed by atoms with Crippen LogP contribution in [0.1, 0.15) is 96.1 Å². The van der Waals surface area contributed by atoms with E-state index >= 15 is 0 Å². The first-order valence-electron chi connectivity index (χ1n) is 28.8. The molecule has 486 valence electrons. The minimum atomic E-state index is -1.85. The molecule has 88 heavy (non-hydrogen) atoms. The quantitative estimate of drug-likeness (QED) is 0.0279. The number of rotatable bonds is 39. The number of benzene rings is 2. The van der Waals surface area contributed by atoms with Crippen LogP contribution >= 0.6 is 0 Å². The molecule has 0 aliphatic carbocycles. The zero-order chi connectivity index (χ0) is 65.6. The molecule has 0 spiro atoms. The highest BCUT2D eigenvalue weighted by molar-refractivity contribution is 5.99. The van der Waals surface area contributed by atoms with E-state index in [9.17, 15) is 93.0 Å². The van der Waals surface area contributed by atoms with Gasteiger partial charge in [-0.05, 0) is 81.9 Å². The van der Waals surface area contributed by atoms with E-state index in [0.29, 0.717) is 24.0 Å². The first-order chi connectivity index (χ1) is 41.7. The van der Waals surface area contributed by atoms with Crippen LogP contribution in [0.15, 0.2) is 60.7 Å². The smallest absolute Gasteiger partial charge is 0.326 e. The zero-order valence-corrected chi connectivity index (χ0v) is 49.3. The number of amides is 10. The average molecular weight is 1240 g/mol. The molecule has 31 heteroatoms. The van der Waals surface area contributed by atoms with Crippen LogP contribution in [0, 0.1) is 5.92 Å². The Labute approximate surface area is 507 Å². The summed E-state index contributed by atoms with van der Waals surface area (Å²) in [5.41, 5.74) is 12.5. The molecule has 0 aromatic heterocycles. The summed E-state index contributed by atoms with van der Waals surface area (Å²) in [6.07, 6.45) is -3.03. The number of hydrogen-bond acceptors (Lipinski definition) is 18. The maximum Gasteiger partial charge on any atom is 0.326 e. The van der Waals surface area contributed by atoms with Gasteiger partial charge in [0, 0.05) is 32.2 Å². The molecular formula is C57H84N12O19. The fraction of sp³-hybridized carbons (Fsp3) is 0.561. The molecule has 11 atom stereocenters. The monoisotopic (exact) mass is 1240 g/mol. The van der Waals surface area contributed by atoms with Crippen LogP contribution in [0.3, 0.4) is 0 Å². The molecule has 1 aliphatic rings. The minimum Gasteiger partial charge on any atom is -0.481 e. The Morgan fingerprint density at radius 1 is 0.534 bits per heavy atom. The van der Waals surface area contributed by atoms with E-state index in [4.69, 9.17) is 11.5 Å². The van der Waals surface area contributed by atoms with Crippen molar-refractivity contribution in [3.05, 3.63) is 71.8 Å². The number of unbranched alkanes of at least 4 members (excludes halogenated alkanes) is 1. The number of aliphatic hydroxyl groups is 3. The summed E-state index contributed by atoms with van der Waals surface area (Å²) in [5, 5.41) is 80.5. The molecule has 10 amide bonds. The SMILES string of the molecule is CC(C)C[C@H](NC(=O)[C@H](CCC(=O)O)NC(=O)[C@H](CO)NC(=O)CNC(=O)[C@H](Cc1ccccc1)NC(=O)[C@H](CCC(=O)O)NC(=O)[C@@H](N)[C@@H](C)O)C(=O)N[C@@H](CCCCN)C(=O)N[C@@H](CO)C(=O)N[C@@H](Cc1ccccc1)C(=O)N1CCC[C@H]1C(=O)O. The third-order valence-electron chi connectivity index (χ3n) is 14.0. The van der Waals surface area contributed by atoms with Gasteiger partial charge in [0.2, 0.25) is 59.1 Å². The maximum atomic E-state index is 14.2. The molecule has 19 N–H and O–H groups in total. The number of carbonyl (C=O) groups is 13. The van der Waals surface area contributed by atoms with Crippen molar-refractivity contribution >= 4 is 77.0 Å². The standard InChI is InChI=1S/C57H84N12O19/c1-31(2)25-38(52(82)62-35(17-10-11-23-58)49(79)68-42(30-71)54(84)67-40(27-34-15-8-5-9-16-34)56(86)69-24-12-18-43(69)57(87)88)65-50(80)36(19-21-45(74)75)63-53(83)41(29-70)61-44(73)28-60-48(78)39(26-33-13-6-4-7-14-33)66-51(81)37(20-22-46(76)77)64-55(85)47(59)32(3)72/h4-9,13-16,31-32,35-43,47,70-72H,10-12,17-30,58-59H2,1-3H3,(H,60,78)(H,61,73)(H,62,82)(H,63,83)(H,64,85)(H,65,80)(H,66,81)(H,67,84)(H,68,79)(H,74,75)(H,76,77)(H,87,88)/t32-,35+,36+,37+,38+,39+,40+,41+,42+,43+,47+/m1/s1. The van der Waals surface area contributed by atoms with Crippen molar-refractivity contribution < 1.29 is 93.0 Å².